The van der Waals surface area contributed by atoms with Gasteiger partial charge < -0.3 is 10.6 Å². The maximum atomic E-state index is 13.7. The fourth-order valence-corrected chi connectivity index (χ4v) is 3.88. The lowest BCUT2D eigenvalue weighted by Gasteiger charge is -2.08. The second kappa shape index (κ2) is 9.49. The molecule has 4 aromatic rings. The molecule has 0 aliphatic heterocycles. The van der Waals surface area contributed by atoms with Crippen molar-refractivity contribution in [1.29, 1.82) is 0 Å². The van der Waals surface area contributed by atoms with Crippen LogP contribution >= 0.6 is 0 Å². The molecule has 0 unspecified atom stereocenters. The summed E-state index contributed by atoms with van der Waals surface area (Å²) >= 11 is 0. The molecule has 2 amide bonds. The lowest BCUT2D eigenvalue weighted by Crippen LogP contribution is -2.30. The van der Waals surface area contributed by atoms with Crippen molar-refractivity contribution in [3.8, 4) is 0 Å². The molecule has 8 nitrogen and oxygen atoms in total. The summed E-state index contributed by atoms with van der Waals surface area (Å²) in [5, 5.41) is 9.39. The highest BCUT2D eigenvalue weighted by Gasteiger charge is 2.22. The van der Waals surface area contributed by atoms with Crippen LogP contribution in [0.25, 0.3) is 5.52 Å². The zero-order valence-electron chi connectivity index (χ0n) is 19.4. The standard InChI is InChI=1S/C25H23F2N5O3/c1-14-4-9-19(10-20(14)27)30-21(33)12-32-25(35)23-15(2)22(16(3)31(23)13-29-32)24(34)28-11-17-5-7-18(26)8-6-17/h4-10,13H,11-12H2,1-3H3,(H,28,34)(H,30,33). The van der Waals surface area contributed by atoms with Crippen molar-refractivity contribution in [1.82, 2.24) is 19.5 Å². The van der Waals surface area contributed by atoms with Crippen molar-refractivity contribution in [2.24, 2.45) is 0 Å². The van der Waals surface area contributed by atoms with E-state index in [4.69, 9.17) is 0 Å². The number of hydrogen-bond donors (Lipinski definition) is 2. The fraction of sp³-hybridized carbons (Fsp3) is 0.200. The molecule has 0 spiro atoms. The van der Waals surface area contributed by atoms with E-state index in [0.29, 0.717) is 22.4 Å². The zero-order valence-corrected chi connectivity index (χ0v) is 19.4. The summed E-state index contributed by atoms with van der Waals surface area (Å²) in [5.41, 5.74) is 2.40. The van der Waals surface area contributed by atoms with Crippen LogP contribution < -0.4 is 16.2 Å². The Morgan fingerprint density at radius 2 is 1.74 bits per heavy atom. The Labute approximate surface area is 199 Å². The van der Waals surface area contributed by atoms with E-state index in [0.717, 1.165) is 10.2 Å². The highest BCUT2D eigenvalue weighted by Crippen LogP contribution is 2.20. The van der Waals surface area contributed by atoms with Gasteiger partial charge in [0, 0.05) is 17.9 Å². The Morgan fingerprint density at radius 1 is 1.03 bits per heavy atom. The molecule has 2 aromatic carbocycles. The number of nitrogens with one attached hydrogen (secondary N) is 2. The molecule has 0 bridgehead atoms. The topological polar surface area (TPSA) is 97.5 Å². The number of nitrogens with zero attached hydrogens (tertiary/aromatic N) is 3. The van der Waals surface area contributed by atoms with E-state index in [1.165, 1.54) is 35.0 Å². The van der Waals surface area contributed by atoms with Crippen LogP contribution in [0.3, 0.4) is 0 Å². The highest BCUT2D eigenvalue weighted by atomic mass is 19.1. The number of carbonyl (C=O) groups is 2. The van der Waals surface area contributed by atoms with E-state index >= 15 is 0 Å². The number of hydrogen-bond acceptors (Lipinski definition) is 4. The molecule has 0 radical (unpaired) electrons. The molecule has 10 heteroatoms. The monoisotopic (exact) mass is 479 g/mol. The van der Waals surface area contributed by atoms with Crippen molar-refractivity contribution in [3.63, 3.8) is 0 Å². The van der Waals surface area contributed by atoms with Gasteiger partial charge in [0.25, 0.3) is 11.5 Å². The van der Waals surface area contributed by atoms with Crippen LogP contribution in [0.1, 0.15) is 32.7 Å². The van der Waals surface area contributed by atoms with E-state index in [1.807, 2.05) is 0 Å². The number of fused-ring (bicyclic) bond motifs is 1. The number of carbonyl (C=O) groups excluding carboxylic acids is 2. The minimum Gasteiger partial charge on any atom is -0.348 e. The molecule has 2 aromatic heterocycles. The lowest BCUT2D eigenvalue weighted by atomic mass is 10.1. The maximum Gasteiger partial charge on any atom is 0.291 e. The van der Waals surface area contributed by atoms with Crippen LogP contribution in [0.5, 0.6) is 0 Å². The molecule has 0 aliphatic carbocycles. The van der Waals surface area contributed by atoms with Gasteiger partial charge in [0.15, 0.2) is 0 Å². The minimum absolute atomic E-state index is 0.187. The predicted octanol–water partition coefficient (Wildman–Crippen LogP) is 3.27. The van der Waals surface area contributed by atoms with Crippen molar-refractivity contribution in [2.45, 2.75) is 33.9 Å². The van der Waals surface area contributed by atoms with Crippen LogP contribution in [0.2, 0.25) is 0 Å². The van der Waals surface area contributed by atoms with Gasteiger partial charge in [-0.15, -0.1) is 0 Å². The lowest BCUT2D eigenvalue weighted by molar-refractivity contribution is -0.117. The summed E-state index contributed by atoms with van der Waals surface area (Å²) < 4.78 is 29.3. The summed E-state index contributed by atoms with van der Waals surface area (Å²) in [6, 6.07) is 10.1. The Hall–Kier alpha value is -4.34. The number of rotatable bonds is 6. The van der Waals surface area contributed by atoms with Gasteiger partial charge in [-0.25, -0.2) is 13.5 Å². The summed E-state index contributed by atoms with van der Waals surface area (Å²) in [6.45, 7) is 4.75. The quantitative estimate of drug-likeness (QED) is 0.444. The Kier molecular flexibility index (Phi) is 6.46. The highest BCUT2D eigenvalue weighted by molar-refractivity contribution is 5.99. The van der Waals surface area contributed by atoms with Gasteiger partial charge in [-0.3, -0.25) is 18.8 Å². The Balaban J connectivity index is 1.56. The maximum absolute atomic E-state index is 13.7. The van der Waals surface area contributed by atoms with E-state index in [1.54, 1.807) is 39.0 Å². The van der Waals surface area contributed by atoms with E-state index in [9.17, 15) is 23.2 Å². The molecular formula is C25H23F2N5O3. The number of aromatic nitrogens is 3. The summed E-state index contributed by atoms with van der Waals surface area (Å²) in [6.07, 6.45) is 1.37. The minimum atomic E-state index is -0.551. The first-order chi connectivity index (χ1) is 16.7. The van der Waals surface area contributed by atoms with Gasteiger partial charge in [0.1, 0.15) is 30.0 Å². The molecule has 35 heavy (non-hydrogen) atoms. The third-order valence-electron chi connectivity index (χ3n) is 5.78. The molecule has 2 heterocycles. The van der Waals surface area contributed by atoms with Crippen molar-refractivity contribution < 1.29 is 18.4 Å². The Morgan fingerprint density at radius 3 is 2.43 bits per heavy atom. The van der Waals surface area contributed by atoms with E-state index in [-0.39, 0.29) is 30.1 Å². The number of benzene rings is 2. The van der Waals surface area contributed by atoms with Crippen molar-refractivity contribution >= 4 is 23.0 Å². The largest absolute Gasteiger partial charge is 0.348 e. The van der Waals surface area contributed by atoms with E-state index in [2.05, 4.69) is 15.7 Å². The van der Waals surface area contributed by atoms with Crippen LogP contribution in [-0.2, 0) is 17.9 Å². The molecule has 0 saturated carbocycles. The van der Waals surface area contributed by atoms with Crippen LogP contribution in [0, 0.1) is 32.4 Å². The second-order valence-electron chi connectivity index (χ2n) is 8.22. The van der Waals surface area contributed by atoms with E-state index < -0.39 is 23.2 Å². The van der Waals surface area contributed by atoms with Gasteiger partial charge in [0.2, 0.25) is 5.91 Å². The molecule has 0 fully saturated rings. The van der Waals surface area contributed by atoms with Gasteiger partial charge in [-0.05, 0) is 61.7 Å². The molecule has 0 aliphatic rings. The molecular weight excluding hydrogens is 456 g/mol. The van der Waals surface area contributed by atoms with Crippen molar-refractivity contribution in [3.05, 3.63) is 98.7 Å². The summed E-state index contributed by atoms with van der Waals surface area (Å²) in [7, 11) is 0. The fourth-order valence-electron chi connectivity index (χ4n) is 3.88. The number of amides is 2. The average Bonchev–Trinajstić information content (AvgIpc) is 3.07. The van der Waals surface area contributed by atoms with Crippen LogP contribution in [-0.4, -0.2) is 26.0 Å². The molecule has 180 valence electrons. The SMILES string of the molecule is Cc1ccc(NC(=O)Cn2ncn3c(C)c(C(=O)NCc4ccc(F)cc4)c(C)c3c2=O)cc1F. The van der Waals surface area contributed by atoms with Gasteiger partial charge in [-0.2, -0.15) is 5.10 Å². The first kappa shape index (κ1) is 23.8. The third-order valence-corrected chi connectivity index (χ3v) is 5.78. The molecule has 0 atom stereocenters. The van der Waals surface area contributed by atoms with Gasteiger partial charge in [0.05, 0.1) is 5.56 Å². The summed E-state index contributed by atoms with van der Waals surface area (Å²) in [5.74, 6) is -1.76. The van der Waals surface area contributed by atoms with Crippen LogP contribution in [0.15, 0.2) is 53.6 Å². The van der Waals surface area contributed by atoms with Gasteiger partial charge >= 0.3 is 0 Å². The van der Waals surface area contributed by atoms with Crippen LogP contribution in [0.4, 0.5) is 14.5 Å². The molecule has 4 rings (SSSR count). The average molecular weight is 479 g/mol. The normalized spacial score (nSPS) is 11.0. The van der Waals surface area contributed by atoms with Gasteiger partial charge in [-0.1, -0.05) is 18.2 Å². The zero-order chi connectivity index (χ0) is 25.3. The molecule has 2 N–H and O–H groups in total. The first-order valence-corrected chi connectivity index (χ1v) is 10.8. The number of anilines is 1. The number of aryl methyl sites for hydroxylation is 3. The third kappa shape index (κ3) is 4.81. The molecule has 0 saturated heterocycles. The summed E-state index contributed by atoms with van der Waals surface area (Å²) in [4.78, 5) is 38.5. The Bertz CT molecular complexity index is 1510. The number of halogens is 2. The van der Waals surface area contributed by atoms with Crippen molar-refractivity contribution in [2.75, 3.05) is 5.32 Å². The predicted molar refractivity (Wildman–Crippen MR) is 126 cm³/mol. The first-order valence-electron chi connectivity index (χ1n) is 10.8. The smallest absolute Gasteiger partial charge is 0.291 e. The second-order valence-corrected chi connectivity index (χ2v) is 8.22.